The van der Waals surface area contributed by atoms with Crippen molar-refractivity contribution in [3.63, 3.8) is 0 Å². The molecule has 1 N–H and O–H groups in total. The second kappa shape index (κ2) is 3.05. The Labute approximate surface area is 66.2 Å². The molecule has 0 aromatic rings. The number of nitrogens with one attached hydrogen (secondary N) is 1. The second-order valence-corrected chi connectivity index (χ2v) is 3.43. The van der Waals surface area contributed by atoms with Gasteiger partial charge in [-0.15, -0.1) is 0 Å². The molecule has 1 fully saturated rings. The molecule has 1 saturated heterocycles. The van der Waals surface area contributed by atoms with Crippen LogP contribution < -0.4 is 5.32 Å². The summed E-state index contributed by atoms with van der Waals surface area (Å²) in [7, 11) is 0. The van der Waals surface area contributed by atoms with E-state index in [9.17, 15) is 8.78 Å². The van der Waals surface area contributed by atoms with Crippen molar-refractivity contribution in [2.45, 2.75) is 38.7 Å². The third kappa shape index (κ3) is 2.12. The van der Waals surface area contributed by atoms with Gasteiger partial charge in [0.25, 0.3) is 5.92 Å². The summed E-state index contributed by atoms with van der Waals surface area (Å²) in [5, 5.41) is 2.85. The molecule has 0 spiro atoms. The van der Waals surface area contributed by atoms with Gasteiger partial charge >= 0.3 is 0 Å². The largest absolute Gasteiger partial charge is 0.308 e. The lowest BCUT2D eigenvalue weighted by Gasteiger charge is -2.16. The van der Waals surface area contributed by atoms with E-state index in [-0.39, 0.29) is 19.0 Å². The van der Waals surface area contributed by atoms with Crippen molar-refractivity contribution in [2.24, 2.45) is 5.92 Å². The van der Waals surface area contributed by atoms with Crippen LogP contribution in [0, 0.1) is 5.92 Å². The smallest absolute Gasteiger partial charge is 0.261 e. The highest BCUT2D eigenvalue weighted by Gasteiger charge is 2.40. The molecular weight excluding hydrogens is 148 g/mol. The molecule has 1 rings (SSSR count). The highest BCUT2D eigenvalue weighted by molar-refractivity contribution is 4.89. The van der Waals surface area contributed by atoms with Crippen LogP contribution in [0.15, 0.2) is 0 Å². The molecule has 1 unspecified atom stereocenters. The van der Waals surface area contributed by atoms with Crippen molar-refractivity contribution >= 4 is 0 Å². The average Bonchev–Trinajstić information content (AvgIpc) is 2.29. The number of halogens is 2. The van der Waals surface area contributed by atoms with Crippen molar-refractivity contribution in [3.05, 3.63) is 0 Å². The topological polar surface area (TPSA) is 12.0 Å². The monoisotopic (exact) mass is 163 g/mol. The first kappa shape index (κ1) is 8.91. The SMILES string of the molecule is CCC(C)[C@@H]1CC(F)(F)CN1. The Hall–Kier alpha value is -0.180. The normalized spacial score (nSPS) is 32.2. The second-order valence-electron chi connectivity index (χ2n) is 3.43. The van der Waals surface area contributed by atoms with Crippen LogP contribution in [-0.4, -0.2) is 18.5 Å². The highest BCUT2D eigenvalue weighted by atomic mass is 19.3. The summed E-state index contributed by atoms with van der Waals surface area (Å²) < 4.78 is 25.3. The van der Waals surface area contributed by atoms with E-state index in [0.717, 1.165) is 6.42 Å². The van der Waals surface area contributed by atoms with Crippen molar-refractivity contribution in [2.75, 3.05) is 6.54 Å². The Morgan fingerprint density at radius 1 is 1.64 bits per heavy atom. The molecule has 11 heavy (non-hydrogen) atoms. The standard InChI is InChI=1S/C8H15F2N/c1-3-6(2)7-4-8(9,10)5-11-7/h6-7,11H,3-5H2,1-2H3/t6?,7-/m0/s1. The average molecular weight is 163 g/mol. The third-order valence-corrected chi connectivity index (χ3v) is 2.47. The van der Waals surface area contributed by atoms with E-state index in [0.29, 0.717) is 5.92 Å². The van der Waals surface area contributed by atoms with Gasteiger partial charge in [-0.25, -0.2) is 8.78 Å². The molecule has 0 amide bonds. The van der Waals surface area contributed by atoms with Crippen LogP contribution in [0.1, 0.15) is 26.7 Å². The van der Waals surface area contributed by atoms with Crippen molar-refractivity contribution in [1.29, 1.82) is 0 Å². The van der Waals surface area contributed by atoms with Crippen molar-refractivity contribution < 1.29 is 8.78 Å². The van der Waals surface area contributed by atoms with Crippen LogP contribution in [-0.2, 0) is 0 Å². The summed E-state index contributed by atoms with van der Waals surface area (Å²) in [6, 6.07) is 0.0231. The molecule has 66 valence electrons. The molecule has 1 heterocycles. The Balaban J connectivity index is 2.41. The van der Waals surface area contributed by atoms with Crippen LogP contribution in [0.4, 0.5) is 8.78 Å². The maximum absolute atomic E-state index is 12.6. The van der Waals surface area contributed by atoms with Crippen LogP contribution in [0.5, 0.6) is 0 Å². The first-order valence-electron chi connectivity index (χ1n) is 4.16. The van der Waals surface area contributed by atoms with Gasteiger partial charge in [0.1, 0.15) is 0 Å². The summed E-state index contributed by atoms with van der Waals surface area (Å²) in [6.07, 6.45) is 0.982. The molecule has 0 aliphatic carbocycles. The maximum atomic E-state index is 12.6. The molecule has 0 saturated carbocycles. The maximum Gasteiger partial charge on any atom is 0.261 e. The predicted molar refractivity (Wildman–Crippen MR) is 40.8 cm³/mol. The fraction of sp³-hybridized carbons (Fsp3) is 1.00. The number of hydrogen-bond acceptors (Lipinski definition) is 1. The highest BCUT2D eigenvalue weighted by Crippen LogP contribution is 2.29. The molecule has 1 nitrogen and oxygen atoms in total. The first-order chi connectivity index (χ1) is 5.05. The number of hydrogen-bond donors (Lipinski definition) is 1. The lowest BCUT2D eigenvalue weighted by atomic mass is 9.97. The van der Waals surface area contributed by atoms with Gasteiger partial charge in [0.05, 0.1) is 6.54 Å². The van der Waals surface area contributed by atoms with Crippen LogP contribution >= 0.6 is 0 Å². The lowest BCUT2D eigenvalue weighted by molar-refractivity contribution is 0.0194. The van der Waals surface area contributed by atoms with E-state index in [1.165, 1.54) is 0 Å². The zero-order valence-corrected chi connectivity index (χ0v) is 7.03. The van der Waals surface area contributed by atoms with Gasteiger partial charge in [0.15, 0.2) is 0 Å². The van der Waals surface area contributed by atoms with Crippen LogP contribution in [0.3, 0.4) is 0 Å². The molecule has 1 aliphatic rings. The molecule has 2 atom stereocenters. The number of alkyl halides is 2. The Morgan fingerprint density at radius 2 is 2.27 bits per heavy atom. The van der Waals surface area contributed by atoms with E-state index in [1.54, 1.807) is 0 Å². The third-order valence-electron chi connectivity index (χ3n) is 2.47. The van der Waals surface area contributed by atoms with Gasteiger partial charge in [-0.05, 0) is 5.92 Å². The van der Waals surface area contributed by atoms with Gasteiger partial charge in [0.2, 0.25) is 0 Å². The molecular formula is C8H15F2N. The Bertz CT molecular complexity index is 136. The molecule has 3 heteroatoms. The van der Waals surface area contributed by atoms with Gasteiger partial charge < -0.3 is 5.32 Å². The summed E-state index contributed by atoms with van der Waals surface area (Å²) in [6.45, 7) is 3.91. The minimum absolute atomic E-state index is 0.0159. The predicted octanol–water partition coefficient (Wildman–Crippen LogP) is 2.03. The fourth-order valence-electron chi connectivity index (χ4n) is 1.43. The molecule has 0 aromatic carbocycles. The zero-order chi connectivity index (χ0) is 8.48. The van der Waals surface area contributed by atoms with Gasteiger partial charge in [-0.2, -0.15) is 0 Å². The summed E-state index contributed by atoms with van der Waals surface area (Å²) in [4.78, 5) is 0. The van der Waals surface area contributed by atoms with Gasteiger partial charge in [-0.3, -0.25) is 0 Å². The minimum Gasteiger partial charge on any atom is -0.308 e. The van der Waals surface area contributed by atoms with Gasteiger partial charge in [-0.1, -0.05) is 20.3 Å². The van der Waals surface area contributed by atoms with Crippen molar-refractivity contribution in [3.8, 4) is 0 Å². The molecule has 0 aromatic heterocycles. The molecule has 0 radical (unpaired) electrons. The van der Waals surface area contributed by atoms with E-state index in [1.807, 2.05) is 13.8 Å². The van der Waals surface area contributed by atoms with Crippen LogP contribution in [0.25, 0.3) is 0 Å². The zero-order valence-electron chi connectivity index (χ0n) is 7.03. The van der Waals surface area contributed by atoms with E-state index in [2.05, 4.69) is 5.32 Å². The minimum atomic E-state index is -2.46. The summed E-state index contributed by atoms with van der Waals surface area (Å²) in [5.74, 6) is -2.10. The Kier molecular flexibility index (Phi) is 2.47. The van der Waals surface area contributed by atoms with E-state index >= 15 is 0 Å². The van der Waals surface area contributed by atoms with E-state index < -0.39 is 5.92 Å². The molecule has 1 aliphatic heterocycles. The van der Waals surface area contributed by atoms with Crippen LogP contribution in [0.2, 0.25) is 0 Å². The quantitative estimate of drug-likeness (QED) is 0.656. The summed E-state index contributed by atoms with van der Waals surface area (Å²) >= 11 is 0. The first-order valence-corrected chi connectivity index (χ1v) is 4.16. The van der Waals surface area contributed by atoms with E-state index in [4.69, 9.17) is 0 Å². The number of rotatable bonds is 2. The van der Waals surface area contributed by atoms with Crippen molar-refractivity contribution in [1.82, 2.24) is 5.32 Å². The molecule has 0 bridgehead atoms. The summed E-state index contributed by atoms with van der Waals surface area (Å²) in [5.41, 5.74) is 0. The lowest BCUT2D eigenvalue weighted by Crippen LogP contribution is -2.28. The Morgan fingerprint density at radius 3 is 2.64 bits per heavy atom. The fourth-order valence-corrected chi connectivity index (χ4v) is 1.43. The van der Waals surface area contributed by atoms with Gasteiger partial charge in [0, 0.05) is 12.5 Å².